The number of aliphatic hydroxyl groups excluding tert-OH is 2. The minimum absolute atomic E-state index is 0.0690. The van der Waals surface area contributed by atoms with E-state index >= 15 is 0 Å². The standard InChI is InChI=1S/C28H27ClN4O3/c29-24-7-5-21(6-8-24)27-18-32(19-28(35)22-3-1-20(16-30)2-4-22)11-12-33(27)26-10-9-25(36-14-13-34)15-23(26)17-31/h1-10,15,27-28,34-35H,11-14,18-19H2/t27-,28?/m0/s1. The number of halogens is 1. The fraction of sp³-hybridized carbons (Fsp3) is 0.286. The highest BCUT2D eigenvalue weighted by molar-refractivity contribution is 6.30. The quantitative estimate of drug-likeness (QED) is 0.479. The lowest BCUT2D eigenvalue weighted by Crippen LogP contribution is -2.49. The summed E-state index contributed by atoms with van der Waals surface area (Å²) in [6, 6.07) is 24.4. The molecule has 1 heterocycles. The summed E-state index contributed by atoms with van der Waals surface area (Å²) >= 11 is 6.15. The first-order valence-corrected chi connectivity index (χ1v) is 12.1. The summed E-state index contributed by atoms with van der Waals surface area (Å²) in [7, 11) is 0. The summed E-state index contributed by atoms with van der Waals surface area (Å²) < 4.78 is 5.49. The van der Waals surface area contributed by atoms with Gasteiger partial charge in [-0.25, -0.2) is 0 Å². The van der Waals surface area contributed by atoms with Gasteiger partial charge in [0, 0.05) is 31.2 Å². The van der Waals surface area contributed by atoms with E-state index < -0.39 is 6.10 Å². The number of β-amino-alcohol motifs (C(OH)–C–C–N with tert-alkyl or cyclic N) is 1. The third kappa shape index (κ3) is 5.96. The van der Waals surface area contributed by atoms with Gasteiger partial charge in [0.2, 0.25) is 0 Å². The number of benzene rings is 3. The van der Waals surface area contributed by atoms with Crippen molar-refractivity contribution in [3.8, 4) is 17.9 Å². The van der Waals surface area contributed by atoms with Crippen LogP contribution in [-0.4, -0.2) is 54.5 Å². The zero-order valence-corrected chi connectivity index (χ0v) is 20.5. The molecule has 2 atom stereocenters. The van der Waals surface area contributed by atoms with Gasteiger partial charge in [0.05, 0.1) is 41.6 Å². The Hall–Kier alpha value is -3.59. The van der Waals surface area contributed by atoms with Crippen molar-refractivity contribution in [3.63, 3.8) is 0 Å². The van der Waals surface area contributed by atoms with Crippen molar-refractivity contribution < 1.29 is 14.9 Å². The molecule has 1 fully saturated rings. The molecular weight excluding hydrogens is 476 g/mol. The molecule has 0 radical (unpaired) electrons. The van der Waals surface area contributed by atoms with Crippen LogP contribution in [0, 0.1) is 22.7 Å². The van der Waals surface area contributed by atoms with Crippen LogP contribution in [0.4, 0.5) is 5.69 Å². The highest BCUT2D eigenvalue weighted by Gasteiger charge is 2.31. The number of hydrogen-bond donors (Lipinski definition) is 2. The van der Waals surface area contributed by atoms with Crippen molar-refractivity contribution in [1.82, 2.24) is 4.90 Å². The fourth-order valence-corrected chi connectivity index (χ4v) is 4.63. The van der Waals surface area contributed by atoms with E-state index in [2.05, 4.69) is 21.9 Å². The van der Waals surface area contributed by atoms with Crippen molar-refractivity contribution >= 4 is 17.3 Å². The second kappa shape index (κ2) is 11.9. The van der Waals surface area contributed by atoms with Crippen LogP contribution in [0.25, 0.3) is 0 Å². The fourth-order valence-electron chi connectivity index (χ4n) is 4.50. The molecule has 7 nitrogen and oxygen atoms in total. The lowest BCUT2D eigenvalue weighted by molar-refractivity contribution is 0.100. The smallest absolute Gasteiger partial charge is 0.120 e. The van der Waals surface area contributed by atoms with Crippen LogP contribution < -0.4 is 9.64 Å². The summed E-state index contributed by atoms with van der Waals surface area (Å²) in [6.07, 6.45) is -0.687. The molecule has 0 saturated carbocycles. The van der Waals surface area contributed by atoms with Gasteiger partial charge < -0.3 is 19.8 Å². The minimum Gasteiger partial charge on any atom is -0.491 e. The Morgan fingerprint density at radius 3 is 2.42 bits per heavy atom. The van der Waals surface area contributed by atoms with Gasteiger partial charge in [-0.15, -0.1) is 0 Å². The number of nitrogens with zero attached hydrogens (tertiary/aromatic N) is 4. The molecule has 0 spiro atoms. The molecule has 8 heteroatoms. The van der Waals surface area contributed by atoms with E-state index in [-0.39, 0.29) is 19.3 Å². The molecule has 0 aromatic heterocycles. The molecule has 1 aliphatic heterocycles. The molecule has 0 amide bonds. The van der Waals surface area contributed by atoms with Gasteiger partial charge in [0.15, 0.2) is 0 Å². The number of rotatable bonds is 8. The predicted molar refractivity (Wildman–Crippen MR) is 138 cm³/mol. The molecule has 1 saturated heterocycles. The van der Waals surface area contributed by atoms with Gasteiger partial charge in [-0.05, 0) is 53.6 Å². The second-order valence-electron chi connectivity index (χ2n) is 8.63. The lowest BCUT2D eigenvalue weighted by Gasteiger charge is -2.44. The third-order valence-corrected chi connectivity index (χ3v) is 6.58. The number of ether oxygens (including phenoxy) is 1. The zero-order valence-electron chi connectivity index (χ0n) is 19.7. The molecule has 36 heavy (non-hydrogen) atoms. The van der Waals surface area contributed by atoms with Crippen LogP contribution >= 0.6 is 11.6 Å². The molecule has 3 aromatic carbocycles. The van der Waals surface area contributed by atoms with Gasteiger partial charge in [0.25, 0.3) is 0 Å². The highest BCUT2D eigenvalue weighted by Crippen LogP contribution is 2.35. The lowest BCUT2D eigenvalue weighted by atomic mass is 9.99. The normalized spacial score (nSPS) is 16.7. The Morgan fingerprint density at radius 2 is 1.75 bits per heavy atom. The first-order chi connectivity index (χ1) is 17.5. The maximum Gasteiger partial charge on any atom is 0.120 e. The van der Waals surface area contributed by atoms with E-state index in [4.69, 9.17) is 26.7 Å². The molecule has 4 rings (SSSR count). The van der Waals surface area contributed by atoms with Gasteiger partial charge in [-0.3, -0.25) is 4.90 Å². The van der Waals surface area contributed by atoms with Crippen molar-refractivity contribution in [2.75, 3.05) is 44.3 Å². The largest absolute Gasteiger partial charge is 0.491 e. The number of anilines is 1. The molecule has 1 unspecified atom stereocenters. The first kappa shape index (κ1) is 25.5. The number of aliphatic hydroxyl groups is 2. The van der Waals surface area contributed by atoms with E-state index in [9.17, 15) is 10.4 Å². The average molecular weight is 503 g/mol. The van der Waals surface area contributed by atoms with Gasteiger partial charge in [0.1, 0.15) is 18.4 Å². The number of nitriles is 2. The Balaban J connectivity index is 1.58. The molecule has 1 aliphatic rings. The van der Waals surface area contributed by atoms with Crippen LogP contribution in [0.2, 0.25) is 5.02 Å². The monoisotopic (exact) mass is 502 g/mol. The maximum absolute atomic E-state index is 10.9. The maximum atomic E-state index is 10.9. The summed E-state index contributed by atoms with van der Waals surface area (Å²) in [5.41, 5.74) is 3.69. The Labute approximate surface area is 215 Å². The van der Waals surface area contributed by atoms with E-state index in [1.54, 1.807) is 30.3 Å². The molecule has 2 N–H and O–H groups in total. The number of hydrogen-bond acceptors (Lipinski definition) is 7. The van der Waals surface area contributed by atoms with Crippen molar-refractivity contribution in [1.29, 1.82) is 10.5 Å². The van der Waals surface area contributed by atoms with Crippen molar-refractivity contribution in [2.45, 2.75) is 12.1 Å². The van der Waals surface area contributed by atoms with Gasteiger partial charge in [-0.2, -0.15) is 10.5 Å². The van der Waals surface area contributed by atoms with Crippen LogP contribution in [0.3, 0.4) is 0 Å². The summed E-state index contributed by atoms with van der Waals surface area (Å²) in [5, 5.41) is 39.4. The van der Waals surface area contributed by atoms with E-state index in [0.29, 0.717) is 48.1 Å². The van der Waals surface area contributed by atoms with Crippen LogP contribution in [0.15, 0.2) is 66.7 Å². The van der Waals surface area contributed by atoms with E-state index in [0.717, 1.165) is 16.8 Å². The van der Waals surface area contributed by atoms with Crippen molar-refractivity contribution in [3.05, 3.63) is 94.0 Å². The third-order valence-electron chi connectivity index (χ3n) is 6.33. The molecule has 0 bridgehead atoms. The summed E-state index contributed by atoms with van der Waals surface area (Å²) in [4.78, 5) is 4.42. The van der Waals surface area contributed by atoms with Crippen LogP contribution in [0.5, 0.6) is 5.75 Å². The van der Waals surface area contributed by atoms with Crippen LogP contribution in [-0.2, 0) is 0 Å². The Morgan fingerprint density at radius 1 is 1.00 bits per heavy atom. The average Bonchev–Trinajstić information content (AvgIpc) is 2.92. The summed E-state index contributed by atoms with van der Waals surface area (Å²) in [6.45, 7) is 2.51. The summed E-state index contributed by atoms with van der Waals surface area (Å²) in [5.74, 6) is 0.538. The van der Waals surface area contributed by atoms with Gasteiger partial charge in [-0.1, -0.05) is 35.9 Å². The predicted octanol–water partition coefficient (Wildman–Crippen LogP) is 4.05. The number of piperazine rings is 1. The molecule has 0 aliphatic carbocycles. The van der Waals surface area contributed by atoms with Gasteiger partial charge >= 0.3 is 0 Å². The molecule has 184 valence electrons. The SMILES string of the molecule is N#Cc1ccc(C(O)CN2CCN(c3ccc(OCCO)cc3C#N)[C@H](c3ccc(Cl)cc3)C2)cc1. The molecule has 3 aromatic rings. The van der Waals surface area contributed by atoms with E-state index in [1.165, 1.54) is 0 Å². The van der Waals surface area contributed by atoms with Crippen LogP contribution in [0.1, 0.15) is 34.4 Å². The highest BCUT2D eigenvalue weighted by atomic mass is 35.5. The zero-order chi connectivity index (χ0) is 25.5. The Bertz CT molecular complexity index is 1250. The van der Waals surface area contributed by atoms with Crippen molar-refractivity contribution in [2.24, 2.45) is 0 Å². The molecular formula is C28H27ClN4O3. The second-order valence-corrected chi connectivity index (χ2v) is 9.07. The first-order valence-electron chi connectivity index (χ1n) is 11.7. The van der Waals surface area contributed by atoms with E-state index in [1.807, 2.05) is 36.4 Å². The minimum atomic E-state index is -0.687. The Kier molecular flexibility index (Phi) is 8.43. The topological polar surface area (TPSA) is 104 Å².